The van der Waals surface area contributed by atoms with Crippen LogP contribution in [0.1, 0.15) is 32.6 Å². The molecule has 0 saturated carbocycles. The van der Waals surface area contributed by atoms with Crippen molar-refractivity contribution in [1.29, 1.82) is 0 Å². The number of ether oxygens (including phenoxy) is 1. The van der Waals surface area contributed by atoms with Gasteiger partial charge in [-0.25, -0.2) is 4.98 Å². The minimum atomic E-state index is 0.263. The maximum absolute atomic E-state index is 5.74. The molecule has 2 aromatic heterocycles. The smallest absolute Gasteiger partial charge is 0.226 e. The number of nitrogens with zero attached hydrogens (tertiary/aromatic N) is 3. The first-order valence-corrected chi connectivity index (χ1v) is 7.67. The quantitative estimate of drug-likeness (QED) is 0.755. The van der Waals surface area contributed by atoms with Crippen molar-refractivity contribution < 1.29 is 4.74 Å². The Balaban J connectivity index is 1.73. The highest BCUT2D eigenvalue weighted by molar-refractivity contribution is 5.83. The maximum atomic E-state index is 5.74. The van der Waals surface area contributed by atoms with Crippen molar-refractivity contribution in [1.82, 2.24) is 19.9 Å². The van der Waals surface area contributed by atoms with Crippen LogP contribution in [0.3, 0.4) is 0 Å². The molecule has 0 aliphatic carbocycles. The topological polar surface area (TPSA) is 87.8 Å². The SMILES string of the molecule is CCCNc1nc(NCC2CCCCO2)c2[nH]cnc2n1. The molecule has 1 aliphatic heterocycles. The van der Waals surface area contributed by atoms with Crippen molar-refractivity contribution in [3.63, 3.8) is 0 Å². The predicted molar refractivity (Wildman–Crippen MR) is 82.5 cm³/mol. The number of aromatic nitrogens is 4. The Morgan fingerprint density at radius 3 is 3.10 bits per heavy atom. The van der Waals surface area contributed by atoms with Gasteiger partial charge in [0.25, 0.3) is 0 Å². The summed E-state index contributed by atoms with van der Waals surface area (Å²) in [6.07, 6.45) is 6.44. The van der Waals surface area contributed by atoms with Gasteiger partial charge >= 0.3 is 0 Å². The second kappa shape index (κ2) is 6.71. The van der Waals surface area contributed by atoms with Gasteiger partial charge in [-0.05, 0) is 25.7 Å². The van der Waals surface area contributed by atoms with E-state index >= 15 is 0 Å². The molecular formula is C14H22N6O. The molecule has 0 spiro atoms. The molecule has 1 fully saturated rings. The minimum absolute atomic E-state index is 0.263. The Hall–Kier alpha value is -1.89. The summed E-state index contributed by atoms with van der Waals surface area (Å²) in [6, 6.07) is 0. The van der Waals surface area contributed by atoms with E-state index in [-0.39, 0.29) is 6.10 Å². The summed E-state index contributed by atoms with van der Waals surface area (Å²) >= 11 is 0. The first kappa shape index (κ1) is 14.1. The maximum Gasteiger partial charge on any atom is 0.226 e. The lowest BCUT2D eigenvalue weighted by atomic mass is 10.1. The fourth-order valence-corrected chi connectivity index (χ4v) is 2.46. The molecule has 7 nitrogen and oxygen atoms in total. The fraction of sp³-hybridized carbons (Fsp3) is 0.643. The number of hydrogen-bond donors (Lipinski definition) is 3. The van der Waals surface area contributed by atoms with Gasteiger partial charge in [0.2, 0.25) is 5.95 Å². The van der Waals surface area contributed by atoms with Crippen molar-refractivity contribution in [2.75, 3.05) is 30.3 Å². The molecule has 0 aromatic carbocycles. The van der Waals surface area contributed by atoms with Crippen LogP contribution in [0.15, 0.2) is 6.33 Å². The average Bonchev–Trinajstić information content (AvgIpc) is 3.00. The second-order valence-corrected chi connectivity index (χ2v) is 5.29. The summed E-state index contributed by atoms with van der Waals surface area (Å²) in [5.41, 5.74) is 1.52. The van der Waals surface area contributed by atoms with Crippen molar-refractivity contribution in [2.45, 2.75) is 38.7 Å². The highest BCUT2D eigenvalue weighted by atomic mass is 16.5. The van der Waals surface area contributed by atoms with Crippen LogP contribution in [0, 0.1) is 0 Å². The third-order valence-corrected chi connectivity index (χ3v) is 3.59. The number of imidazole rings is 1. The Morgan fingerprint density at radius 2 is 2.29 bits per heavy atom. The molecule has 2 aromatic rings. The van der Waals surface area contributed by atoms with Gasteiger partial charge in [-0.1, -0.05) is 6.92 Å². The number of rotatable bonds is 6. The van der Waals surface area contributed by atoms with Gasteiger partial charge in [-0.2, -0.15) is 9.97 Å². The molecule has 0 radical (unpaired) electrons. The number of nitrogens with one attached hydrogen (secondary N) is 3. The van der Waals surface area contributed by atoms with Gasteiger partial charge in [-0.3, -0.25) is 0 Å². The van der Waals surface area contributed by atoms with Gasteiger partial charge in [0, 0.05) is 19.7 Å². The second-order valence-electron chi connectivity index (χ2n) is 5.29. The summed E-state index contributed by atoms with van der Waals surface area (Å²) in [7, 11) is 0. The van der Waals surface area contributed by atoms with E-state index in [1.54, 1.807) is 6.33 Å². The molecule has 21 heavy (non-hydrogen) atoms. The summed E-state index contributed by atoms with van der Waals surface area (Å²) in [4.78, 5) is 16.2. The molecule has 0 amide bonds. The van der Waals surface area contributed by atoms with E-state index in [1.807, 2.05) is 0 Å². The van der Waals surface area contributed by atoms with E-state index in [4.69, 9.17) is 4.74 Å². The van der Waals surface area contributed by atoms with E-state index in [2.05, 4.69) is 37.5 Å². The van der Waals surface area contributed by atoms with Crippen LogP contribution in [0.2, 0.25) is 0 Å². The molecule has 3 N–H and O–H groups in total. The first-order chi connectivity index (χ1) is 10.4. The zero-order valence-corrected chi connectivity index (χ0v) is 12.4. The molecule has 0 bridgehead atoms. The number of H-pyrrole nitrogens is 1. The molecule has 1 unspecified atom stereocenters. The van der Waals surface area contributed by atoms with Crippen LogP contribution >= 0.6 is 0 Å². The van der Waals surface area contributed by atoms with Crippen molar-refractivity contribution >= 4 is 22.9 Å². The van der Waals surface area contributed by atoms with Gasteiger partial charge in [0.05, 0.1) is 12.4 Å². The van der Waals surface area contributed by atoms with Crippen LogP contribution in [0.4, 0.5) is 11.8 Å². The van der Waals surface area contributed by atoms with E-state index in [0.29, 0.717) is 11.6 Å². The molecule has 1 saturated heterocycles. The van der Waals surface area contributed by atoms with E-state index in [1.165, 1.54) is 12.8 Å². The van der Waals surface area contributed by atoms with Crippen molar-refractivity contribution in [2.24, 2.45) is 0 Å². The normalized spacial score (nSPS) is 18.8. The summed E-state index contributed by atoms with van der Waals surface area (Å²) < 4.78 is 5.74. The van der Waals surface area contributed by atoms with E-state index in [9.17, 15) is 0 Å². The van der Waals surface area contributed by atoms with Crippen LogP contribution in [-0.2, 0) is 4.74 Å². The van der Waals surface area contributed by atoms with Gasteiger partial charge in [-0.15, -0.1) is 0 Å². The lowest BCUT2D eigenvalue weighted by Gasteiger charge is -2.23. The number of anilines is 2. The monoisotopic (exact) mass is 290 g/mol. The lowest BCUT2D eigenvalue weighted by molar-refractivity contribution is 0.0247. The van der Waals surface area contributed by atoms with Gasteiger partial charge in [0.1, 0.15) is 5.52 Å². The Kier molecular flexibility index (Phi) is 4.49. The van der Waals surface area contributed by atoms with Crippen LogP contribution < -0.4 is 10.6 Å². The van der Waals surface area contributed by atoms with E-state index < -0.39 is 0 Å². The van der Waals surface area contributed by atoms with Crippen molar-refractivity contribution in [3.8, 4) is 0 Å². The zero-order chi connectivity index (χ0) is 14.5. The summed E-state index contributed by atoms with van der Waals surface area (Å²) in [5, 5.41) is 6.58. The molecule has 3 rings (SSSR count). The summed E-state index contributed by atoms with van der Waals surface area (Å²) in [5.74, 6) is 1.40. The molecular weight excluding hydrogens is 268 g/mol. The Bertz CT molecular complexity index is 578. The Morgan fingerprint density at radius 1 is 1.33 bits per heavy atom. The molecule has 1 aliphatic rings. The molecule has 7 heteroatoms. The lowest BCUT2D eigenvalue weighted by Crippen LogP contribution is -2.27. The van der Waals surface area contributed by atoms with Crippen LogP contribution in [0.5, 0.6) is 0 Å². The summed E-state index contributed by atoms with van der Waals surface area (Å²) in [6.45, 7) is 4.58. The molecule has 3 heterocycles. The standard InChI is InChI=1S/C14H22N6O/c1-2-6-15-14-19-12(11-13(20-14)18-9-17-11)16-8-10-5-3-4-7-21-10/h9-10H,2-8H2,1H3,(H3,15,16,17,18,19,20). The van der Waals surface area contributed by atoms with Crippen molar-refractivity contribution in [3.05, 3.63) is 6.33 Å². The third-order valence-electron chi connectivity index (χ3n) is 3.59. The van der Waals surface area contributed by atoms with Gasteiger partial charge < -0.3 is 20.4 Å². The number of aromatic amines is 1. The van der Waals surface area contributed by atoms with Crippen LogP contribution in [-0.4, -0.2) is 45.7 Å². The number of fused-ring (bicyclic) bond motifs is 1. The molecule has 114 valence electrons. The minimum Gasteiger partial charge on any atom is -0.376 e. The molecule has 1 atom stereocenters. The largest absolute Gasteiger partial charge is 0.376 e. The fourth-order valence-electron chi connectivity index (χ4n) is 2.46. The van der Waals surface area contributed by atoms with Gasteiger partial charge in [0.15, 0.2) is 11.5 Å². The highest BCUT2D eigenvalue weighted by Crippen LogP contribution is 2.20. The highest BCUT2D eigenvalue weighted by Gasteiger charge is 2.15. The number of hydrogen-bond acceptors (Lipinski definition) is 6. The predicted octanol–water partition coefficient (Wildman–Crippen LogP) is 2.16. The third kappa shape index (κ3) is 3.41. The average molecular weight is 290 g/mol. The first-order valence-electron chi connectivity index (χ1n) is 7.67. The van der Waals surface area contributed by atoms with Crippen LogP contribution in [0.25, 0.3) is 11.2 Å². The Labute approximate surface area is 123 Å². The zero-order valence-electron chi connectivity index (χ0n) is 12.4. The van der Waals surface area contributed by atoms with E-state index in [0.717, 1.165) is 43.9 Å².